The molecule has 2 aromatic rings. The lowest BCUT2D eigenvalue weighted by atomic mass is 10.1. The third-order valence-corrected chi connectivity index (χ3v) is 3.18. The molecule has 1 atom stereocenters. The van der Waals surface area contributed by atoms with Crippen LogP contribution in [-0.4, -0.2) is 35.8 Å². The predicted molar refractivity (Wildman–Crippen MR) is 84.4 cm³/mol. The van der Waals surface area contributed by atoms with E-state index in [2.05, 4.69) is 15.3 Å². The normalized spacial score (nSPS) is 11.8. The number of anilines is 2. The molecule has 1 heterocycles. The summed E-state index contributed by atoms with van der Waals surface area (Å²) in [5, 5.41) is 13.5. The Labute approximate surface area is 133 Å². The van der Waals surface area contributed by atoms with Crippen molar-refractivity contribution in [3.8, 4) is 11.5 Å². The lowest BCUT2D eigenvalue weighted by Gasteiger charge is -2.17. The molecule has 0 fully saturated rings. The van der Waals surface area contributed by atoms with Gasteiger partial charge in [-0.15, -0.1) is 0 Å². The van der Waals surface area contributed by atoms with Crippen LogP contribution in [0.3, 0.4) is 0 Å². The largest absolute Gasteiger partial charge is 0.497 e. The number of nitrogens with one attached hydrogen (secondary N) is 1. The Morgan fingerprint density at radius 1 is 1.27 bits per heavy atom. The zero-order chi connectivity index (χ0) is 16.1. The highest BCUT2D eigenvalue weighted by Gasteiger charge is 2.15. The van der Waals surface area contributed by atoms with E-state index >= 15 is 0 Å². The van der Waals surface area contributed by atoms with Gasteiger partial charge in [-0.3, -0.25) is 0 Å². The Morgan fingerprint density at radius 3 is 2.68 bits per heavy atom. The highest BCUT2D eigenvalue weighted by molar-refractivity contribution is 6.29. The minimum absolute atomic E-state index is 0.0588. The van der Waals surface area contributed by atoms with Crippen molar-refractivity contribution >= 4 is 23.4 Å². The topological polar surface area (TPSA) is 103 Å². The van der Waals surface area contributed by atoms with Crippen molar-refractivity contribution in [1.29, 1.82) is 0 Å². The molecule has 1 aromatic carbocycles. The number of aliphatic hydroxyl groups excluding tert-OH is 1. The second-order valence-corrected chi connectivity index (χ2v) is 4.83. The molecule has 1 aromatic heterocycles. The number of rotatable bonds is 6. The summed E-state index contributed by atoms with van der Waals surface area (Å²) >= 11 is 5.80. The molecule has 0 saturated heterocycles. The lowest BCUT2D eigenvalue weighted by Crippen LogP contribution is -2.14. The molecule has 0 amide bonds. The summed E-state index contributed by atoms with van der Waals surface area (Å²) in [6.07, 6.45) is -0.833. The molecular formula is C14H17ClN4O3. The van der Waals surface area contributed by atoms with Crippen LogP contribution in [0, 0.1) is 0 Å². The summed E-state index contributed by atoms with van der Waals surface area (Å²) in [6, 6.07) is 6.73. The maximum Gasteiger partial charge on any atom is 0.223 e. The molecule has 0 radical (unpaired) electrons. The minimum atomic E-state index is -0.833. The smallest absolute Gasteiger partial charge is 0.223 e. The number of hydrogen-bond donors (Lipinski definition) is 3. The third-order valence-electron chi connectivity index (χ3n) is 2.98. The molecule has 0 unspecified atom stereocenters. The first-order valence-electron chi connectivity index (χ1n) is 6.47. The van der Waals surface area contributed by atoms with Gasteiger partial charge < -0.3 is 25.6 Å². The predicted octanol–water partition coefficient (Wildman–Crippen LogP) is 1.87. The number of hydrogen-bond acceptors (Lipinski definition) is 7. The standard InChI is InChI=1S/C14H17ClN4O3/c1-21-8-3-4-11(22-2)9(5-8)10(20)7-17-13-6-12(15)18-14(16)19-13/h3-6,10,20H,7H2,1-2H3,(H3,16,17,18,19)/t10-/m1/s1. The Bertz CT molecular complexity index is 634. The fourth-order valence-corrected chi connectivity index (χ4v) is 2.13. The van der Waals surface area contributed by atoms with Crippen molar-refractivity contribution in [2.24, 2.45) is 0 Å². The quantitative estimate of drug-likeness (QED) is 0.697. The van der Waals surface area contributed by atoms with Crippen LogP contribution in [0.2, 0.25) is 5.15 Å². The van der Waals surface area contributed by atoms with Crippen LogP contribution in [-0.2, 0) is 0 Å². The van der Waals surface area contributed by atoms with E-state index < -0.39 is 6.10 Å². The van der Waals surface area contributed by atoms with Gasteiger partial charge in [0.05, 0.1) is 20.3 Å². The van der Waals surface area contributed by atoms with Crippen molar-refractivity contribution in [1.82, 2.24) is 9.97 Å². The maximum absolute atomic E-state index is 10.3. The average Bonchev–Trinajstić information content (AvgIpc) is 2.51. The minimum Gasteiger partial charge on any atom is -0.497 e. The molecule has 0 spiro atoms. The van der Waals surface area contributed by atoms with Gasteiger partial charge in [0.25, 0.3) is 0 Å². The van der Waals surface area contributed by atoms with Gasteiger partial charge >= 0.3 is 0 Å². The summed E-state index contributed by atoms with van der Waals surface area (Å²) in [5.41, 5.74) is 6.11. The van der Waals surface area contributed by atoms with Crippen molar-refractivity contribution in [3.05, 3.63) is 35.0 Å². The molecule has 0 aliphatic rings. The summed E-state index contributed by atoms with van der Waals surface area (Å²) in [6.45, 7) is 0.191. The molecule has 0 saturated carbocycles. The van der Waals surface area contributed by atoms with Crippen LogP contribution in [0.15, 0.2) is 24.3 Å². The number of nitrogens with two attached hydrogens (primary N) is 1. The molecule has 0 aliphatic carbocycles. The highest BCUT2D eigenvalue weighted by Crippen LogP contribution is 2.29. The molecular weight excluding hydrogens is 308 g/mol. The van der Waals surface area contributed by atoms with E-state index in [0.717, 1.165) is 0 Å². The molecule has 7 nitrogen and oxygen atoms in total. The van der Waals surface area contributed by atoms with E-state index in [1.165, 1.54) is 13.2 Å². The van der Waals surface area contributed by atoms with Crippen LogP contribution in [0.5, 0.6) is 11.5 Å². The SMILES string of the molecule is COc1ccc(OC)c([C@H](O)CNc2cc(Cl)nc(N)n2)c1. The summed E-state index contributed by atoms with van der Waals surface area (Å²) in [4.78, 5) is 7.74. The Kier molecular flexibility index (Phi) is 5.24. The van der Waals surface area contributed by atoms with Crippen molar-refractivity contribution in [3.63, 3.8) is 0 Å². The molecule has 0 bridgehead atoms. The van der Waals surface area contributed by atoms with Crippen LogP contribution >= 0.6 is 11.6 Å². The second-order valence-electron chi connectivity index (χ2n) is 4.44. The van der Waals surface area contributed by atoms with Gasteiger partial charge in [-0.25, -0.2) is 4.98 Å². The van der Waals surface area contributed by atoms with E-state index in [0.29, 0.717) is 22.9 Å². The number of aromatic nitrogens is 2. The third kappa shape index (κ3) is 3.90. The first kappa shape index (κ1) is 16.1. The summed E-state index contributed by atoms with van der Waals surface area (Å²) in [7, 11) is 3.10. The van der Waals surface area contributed by atoms with Crippen LogP contribution in [0.25, 0.3) is 0 Å². The molecule has 2 rings (SSSR count). The molecule has 118 valence electrons. The van der Waals surface area contributed by atoms with Crippen LogP contribution in [0.4, 0.5) is 11.8 Å². The van der Waals surface area contributed by atoms with Crippen LogP contribution < -0.4 is 20.5 Å². The number of methoxy groups -OCH3 is 2. The van der Waals surface area contributed by atoms with Gasteiger partial charge in [0.1, 0.15) is 22.5 Å². The molecule has 4 N–H and O–H groups in total. The van der Waals surface area contributed by atoms with Gasteiger partial charge in [0.15, 0.2) is 0 Å². The van der Waals surface area contributed by atoms with E-state index in [-0.39, 0.29) is 17.6 Å². The number of halogens is 1. The maximum atomic E-state index is 10.3. The first-order chi connectivity index (χ1) is 10.5. The Hall–Kier alpha value is -2.25. The monoisotopic (exact) mass is 324 g/mol. The molecule has 22 heavy (non-hydrogen) atoms. The Morgan fingerprint density at radius 2 is 2.05 bits per heavy atom. The summed E-state index contributed by atoms with van der Waals surface area (Å²) < 4.78 is 10.4. The zero-order valence-electron chi connectivity index (χ0n) is 12.2. The second kappa shape index (κ2) is 7.15. The van der Waals surface area contributed by atoms with Gasteiger partial charge in [0.2, 0.25) is 5.95 Å². The highest BCUT2D eigenvalue weighted by atomic mass is 35.5. The number of aliphatic hydroxyl groups is 1. The number of nitrogen functional groups attached to an aromatic ring is 1. The molecule has 0 aliphatic heterocycles. The van der Waals surface area contributed by atoms with Crippen molar-refractivity contribution in [2.45, 2.75) is 6.10 Å². The number of nitrogens with zero attached hydrogens (tertiary/aromatic N) is 2. The van der Waals surface area contributed by atoms with Gasteiger partial charge in [0, 0.05) is 18.2 Å². The van der Waals surface area contributed by atoms with E-state index in [1.807, 2.05) is 0 Å². The van der Waals surface area contributed by atoms with Gasteiger partial charge in [-0.05, 0) is 18.2 Å². The fraction of sp³-hybridized carbons (Fsp3) is 0.286. The van der Waals surface area contributed by atoms with Crippen LogP contribution in [0.1, 0.15) is 11.7 Å². The number of ether oxygens (including phenoxy) is 2. The molecule has 8 heteroatoms. The zero-order valence-corrected chi connectivity index (χ0v) is 13.0. The Balaban J connectivity index is 2.13. The number of benzene rings is 1. The fourth-order valence-electron chi connectivity index (χ4n) is 1.94. The van der Waals surface area contributed by atoms with E-state index in [4.69, 9.17) is 26.8 Å². The first-order valence-corrected chi connectivity index (χ1v) is 6.85. The van der Waals surface area contributed by atoms with Crippen molar-refractivity contribution in [2.75, 3.05) is 31.8 Å². The van der Waals surface area contributed by atoms with Crippen molar-refractivity contribution < 1.29 is 14.6 Å². The van der Waals surface area contributed by atoms with Gasteiger partial charge in [-0.2, -0.15) is 4.98 Å². The van der Waals surface area contributed by atoms with E-state index in [9.17, 15) is 5.11 Å². The average molecular weight is 325 g/mol. The lowest BCUT2D eigenvalue weighted by molar-refractivity contribution is 0.186. The van der Waals surface area contributed by atoms with E-state index in [1.54, 1.807) is 25.3 Å². The van der Waals surface area contributed by atoms with Gasteiger partial charge in [-0.1, -0.05) is 11.6 Å². The summed E-state index contributed by atoms with van der Waals surface area (Å²) in [5.74, 6) is 1.68.